The summed E-state index contributed by atoms with van der Waals surface area (Å²) in [5.41, 5.74) is 7.87. The Balaban J connectivity index is 1.81. The zero-order valence-corrected chi connectivity index (χ0v) is 16.2. The van der Waals surface area contributed by atoms with E-state index in [4.69, 9.17) is 0 Å². The number of rotatable bonds is 4. The molecule has 0 aromatic heterocycles. The standard InChI is InChI=1S/C22H24N4O2/c1-15(27)17-8-9-19-18(14-17)20(22(28)23-19)21(16-6-4-3-5-7-16)24-26-12-10-25(2)11-13-26/h3-9,14,24H,10-13H2,1-2H3,(H,23,28)/b21-20+. The molecule has 2 aromatic rings. The van der Waals surface area contributed by atoms with Crippen LogP contribution in [-0.4, -0.2) is 54.8 Å². The Bertz CT molecular complexity index is 944. The van der Waals surface area contributed by atoms with Crippen LogP contribution in [-0.2, 0) is 4.79 Å². The maximum absolute atomic E-state index is 12.9. The predicted octanol–water partition coefficient (Wildman–Crippen LogP) is 2.46. The first kappa shape index (κ1) is 18.4. The highest BCUT2D eigenvalue weighted by Gasteiger charge is 2.30. The summed E-state index contributed by atoms with van der Waals surface area (Å²) in [5, 5.41) is 5.08. The number of hydrogen-bond acceptors (Lipinski definition) is 5. The van der Waals surface area contributed by atoms with Crippen LogP contribution in [0.2, 0.25) is 0 Å². The number of fused-ring (bicyclic) bond motifs is 1. The van der Waals surface area contributed by atoms with Crippen molar-refractivity contribution in [3.63, 3.8) is 0 Å². The minimum absolute atomic E-state index is 0.0187. The monoisotopic (exact) mass is 376 g/mol. The first-order chi connectivity index (χ1) is 13.5. The second-order valence-corrected chi connectivity index (χ2v) is 7.29. The fourth-order valence-corrected chi connectivity index (χ4v) is 3.58. The molecule has 0 aliphatic carbocycles. The lowest BCUT2D eigenvalue weighted by Gasteiger charge is -2.34. The van der Waals surface area contributed by atoms with E-state index in [-0.39, 0.29) is 11.7 Å². The molecule has 0 unspecified atom stereocenters. The maximum Gasteiger partial charge on any atom is 0.258 e. The highest BCUT2D eigenvalue weighted by Crippen LogP contribution is 2.37. The Kier molecular flexibility index (Phi) is 4.98. The van der Waals surface area contributed by atoms with Crippen LogP contribution >= 0.6 is 0 Å². The minimum Gasteiger partial charge on any atom is -0.321 e. The Morgan fingerprint density at radius 2 is 1.71 bits per heavy atom. The first-order valence-corrected chi connectivity index (χ1v) is 9.49. The topological polar surface area (TPSA) is 64.7 Å². The summed E-state index contributed by atoms with van der Waals surface area (Å²) in [7, 11) is 2.11. The lowest BCUT2D eigenvalue weighted by Crippen LogP contribution is -2.50. The van der Waals surface area contributed by atoms with Crippen LogP contribution < -0.4 is 10.7 Å². The summed E-state index contributed by atoms with van der Waals surface area (Å²) in [6.45, 7) is 5.18. The normalized spacial score (nSPS) is 19.1. The smallest absolute Gasteiger partial charge is 0.258 e. The van der Waals surface area contributed by atoms with Gasteiger partial charge in [0, 0.05) is 43.0 Å². The lowest BCUT2D eigenvalue weighted by molar-refractivity contribution is -0.110. The van der Waals surface area contributed by atoms with E-state index < -0.39 is 0 Å². The van der Waals surface area contributed by atoms with Gasteiger partial charge in [-0.15, -0.1) is 0 Å². The molecule has 2 aliphatic rings. The molecular weight excluding hydrogens is 352 g/mol. The number of benzene rings is 2. The summed E-state index contributed by atoms with van der Waals surface area (Å²) in [4.78, 5) is 27.1. The summed E-state index contributed by atoms with van der Waals surface area (Å²) >= 11 is 0. The molecule has 1 saturated heterocycles. The van der Waals surface area contributed by atoms with Gasteiger partial charge in [0.2, 0.25) is 0 Å². The molecule has 0 spiro atoms. The number of nitrogens with zero attached hydrogens (tertiary/aromatic N) is 2. The Hall–Kier alpha value is -2.96. The van der Waals surface area contributed by atoms with Gasteiger partial charge in [0.05, 0.1) is 11.3 Å². The highest BCUT2D eigenvalue weighted by atomic mass is 16.2. The van der Waals surface area contributed by atoms with E-state index in [0.717, 1.165) is 48.7 Å². The maximum atomic E-state index is 12.9. The van der Waals surface area contributed by atoms with E-state index in [1.165, 1.54) is 6.92 Å². The highest BCUT2D eigenvalue weighted by molar-refractivity contribution is 6.36. The number of Topliss-reactive ketones (excluding diaryl/α,β-unsaturated/α-hetero) is 1. The minimum atomic E-state index is -0.156. The first-order valence-electron chi connectivity index (χ1n) is 9.49. The molecule has 1 amide bonds. The van der Waals surface area contributed by atoms with Crippen LogP contribution in [0.3, 0.4) is 0 Å². The van der Waals surface area contributed by atoms with E-state index in [2.05, 4.69) is 27.7 Å². The molecule has 6 heteroatoms. The summed E-state index contributed by atoms with van der Waals surface area (Å²) in [6, 6.07) is 15.2. The van der Waals surface area contributed by atoms with Crippen molar-refractivity contribution in [2.75, 3.05) is 38.5 Å². The number of ketones is 1. The molecule has 2 aliphatic heterocycles. The molecule has 0 saturated carbocycles. The second-order valence-electron chi connectivity index (χ2n) is 7.29. The van der Waals surface area contributed by atoms with Gasteiger partial charge in [-0.05, 0) is 37.7 Å². The van der Waals surface area contributed by atoms with E-state index in [1.807, 2.05) is 30.3 Å². The van der Waals surface area contributed by atoms with Crippen LogP contribution in [0.1, 0.15) is 28.4 Å². The average molecular weight is 376 g/mol. The van der Waals surface area contributed by atoms with Gasteiger partial charge in [-0.1, -0.05) is 30.3 Å². The van der Waals surface area contributed by atoms with Gasteiger partial charge < -0.3 is 15.6 Å². The van der Waals surface area contributed by atoms with Crippen LogP contribution in [0, 0.1) is 0 Å². The van der Waals surface area contributed by atoms with Gasteiger partial charge in [0.25, 0.3) is 5.91 Å². The molecule has 0 radical (unpaired) electrons. The largest absolute Gasteiger partial charge is 0.321 e. The number of hydrazine groups is 1. The summed E-state index contributed by atoms with van der Waals surface area (Å²) in [5.74, 6) is -0.175. The van der Waals surface area contributed by atoms with Crippen molar-refractivity contribution in [1.82, 2.24) is 15.3 Å². The van der Waals surface area contributed by atoms with Crippen molar-refractivity contribution < 1.29 is 9.59 Å². The molecule has 28 heavy (non-hydrogen) atoms. The van der Waals surface area contributed by atoms with Crippen molar-refractivity contribution in [3.05, 3.63) is 65.2 Å². The zero-order chi connectivity index (χ0) is 19.7. The third-order valence-electron chi connectivity index (χ3n) is 5.26. The molecule has 2 aromatic carbocycles. The summed E-state index contributed by atoms with van der Waals surface area (Å²) in [6.07, 6.45) is 0. The average Bonchev–Trinajstić information content (AvgIpc) is 3.03. The predicted molar refractivity (Wildman–Crippen MR) is 111 cm³/mol. The van der Waals surface area contributed by atoms with Crippen LogP contribution in [0.5, 0.6) is 0 Å². The SMILES string of the molecule is CC(=O)c1ccc2c(c1)/C(=C(\NN1CCN(C)CC1)c1ccccc1)C(=O)N2. The Morgan fingerprint density at radius 3 is 2.39 bits per heavy atom. The Labute approximate surface area is 164 Å². The molecular formula is C22H24N4O2. The fourth-order valence-electron chi connectivity index (χ4n) is 3.58. The number of likely N-dealkylation sites (N-methyl/N-ethyl adjacent to an activating group) is 1. The van der Waals surface area contributed by atoms with Gasteiger partial charge in [0.15, 0.2) is 5.78 Å². The Morgan fingerprint density at radius 1 is 1.00 bits per heavy atom. The molecule has 1 fully saturated rings. The molecule has 0 bridgehead atoms. The molecule has 0 atom stereocenters. The third kappa shape index (κ3) is 3.56. The molecule has 144 valence electrons. The number of nitrogens with one attached hydrogen (secondary N) is 2. The van der Waals surface area contributed by atoms with Gasteiger partial charge >= 0.3 is 0 Å². The lowest BCUT2D eigenvalue weighted by atomic mass is 9.98. The van der Waals surface area contributed by atoms with Crippen molar-refractivity contribution in [1.29, 1.82) is 0 Å². The van der Waals surface area contributed by atoms with Gasteiger partial charge in [-0.25, -0.2) is 5.01 Å². The van der Waals surface area contributed by atoms with Crippen LogP contribution in [0.4, 0.5) is 5.69 Å². The van der Waals surface area contributed by atoms with E-state index in [1.54, 1.807) is 18.2 Å². The van der Waals surface area contributed by atoms with Crippen molar-refractivity contribution >= 4 is 28.6 Å². The van der Waals surface area contributed by atoms with E-state index in [0.29, 0.717) is 11.1 Å². The van der Waals surface area contributed by atoms with Crippen LogP contribution in [0.15, 0.2) is 48.5 Å². The number of carbonyl (C=O) groups excluding carboxylic acids is 2. The number of carbonyl (C=O) groups is 2. The molecule has 2 N–H and O–H groups in total. The van der Waals surface area contributed by atoms with Gasteiger partial charge in [0.1, 0.15) is 0 Å². The molecule has 4 rings (SSSR count). The molecule has 2 heterocycles. The second kappa shape index (κ2) is 7.58. The fraction of sp³-hybridized carbons (Fsp3) is 0.273. The number of hydrogen-bond donors (Lipinski definition) is 2. The molecule has 6 nitrogen and oxygen atoms in total. The van der Waals surface area contributed by atoms with Crippen molar-refractivity contribution in [2.45, 2.75) is 6.92 Å². The zero-order valence-electron chi connectivity index (χ0n) is 16.2. The number of amides is 1. The van der Waals surface area contributed by atoms with E-state index >= 15 is 0 Å². The van der Waals surface area contributed by atoms with Gasteiger partial charge in [-0.2, -0.15) is 0 Å². The van der Waals surface area contributed by atoms with Crippen molar-refractivity contribution in [3.8, 4) is 0 Å². The van der Waals surface area contributed by atoms with Crippen LogP contribution in [0.25, 0.3) is 11.3 Å². The quantitative estimate of drug-likeness (QED) is 0.634. The third-order valence-corrected chi connectivity index (χ3v) is 5.26. The number of anilines is 1. The number of piperazine rings is 1. The van der Waals surface area contributed by atoms with E-state index in [9.17, 15) is 9.59 Å². The van der Waals surface area contributed by atoms with Crippen molar-refractivity contribution in [2.24, 2.45) is 0 Å². The summed E-state index contributed by atoms with van der Waals surface area (Å²) < 4.78 is 0. The van der Waals surface area contributed by atoms with Gasteiger partial charge in [-0.3, -0.25) is 9.59 Å².